The maximum absolute atomic E-state index is 14.3. The topological polar surface area (TPSA) is 54.0 Å². The van der Waals surface area contributed by atoms with Crippen molar-refractivity contribution in [2.24, 2.45) is 0 Å². The minimum atomic E-state index is -4.36. The fraction of sp³-hybridized carbons (Fsp3) is 0.368. The highest BCUT2D eigenvalue weighted by molar-refractivity contribution is 5.69. The van der Waals surface area contributed by atoms with Crippen molar-refractivity contribution in [2.45, 2.75) is 31.6 Å². The van der Waals surface area contributed by atoms with E-state index in [0.717, 1.165) is 17.6 Å². The molecule has 1 fully saturated rings. The molecular weight excluding hydrogens is 376 g/mol. The number of aromatic amines is 1. The third-order valence-corrected chi connectivity index (χ3v) is 4.70. The first-order valence-electron chi connectivity index (χ1n) is 8.82. The summed E-state index contributed by atoms with van der Waals surface area (Å²) in [6.45, 7) is 1.04. The van der Waals surface area contributed by atoms with Crippen LogP contribution in [0.4, 0.5) is 17.6 Å². The van der Waals surface area contributed by atoms with Gasteiger partial charge in [-0.15, -0.1) is 0 Å². The maximum Gasteiger partial charge on any atom is 0.416 e. The van der Waals surface area contributed by atoms with Crippen molar-refractivity contribution in [3.05, 3.63) is 59.5 Å². The lowest BCUT2D eigenvalue weighted by Crippen LogP contribution is -2.24. The van der Waals surface area contributed by atoms with Crippen LogP contribution >= 0.6 is 0 Å². The second-order valence-corrected chi connectivity index (χ2v) is 6.81. The molecule has 1 aromatic carbocycles. The molecule has 2 atom stereocenters. The SMILES string of the molecule is FC1CN(Cc2ccc(C(F)(F)F)cc2)CC1OCc1nc2ncccc2[nH]1. The third kappa shape index (κ3) is 4.15. The van der Waals surface area contributed by atoms with Gasteiger partial charge in [0.2, 0.25) is 0 Å². The Bertz CT molecular complexity index is 908. The lowest BCUT2D eigenvalue weighted by molar-refractivity contribution is -0.137. The number of alkyl halides is 4. The summed E-state index contributed by atoms with van der Waals surface area (Å²) in [7, 11) is 0. The number of imidazole rings is 1. The van der Waals surface area contributed by atoms with E-state index in [1.165, 1.54) is 12.1 Å². The van der Waals surface area contributed by atoms with Crippen LogP contribution in [0.3, 0.4) is 0 Å². The molecular formula is C19H18F4N4O. The molecule has 0 amide bonds. The summed E-state index contributed by atoms with van der Waals surface area (Å²) in [4.78, 5) is 13.3. The molecule has 4 rings (SSSR count). The lowest BCUT2D eigenvalue weighted by atomic mass is 10.1. The van der Waals surface area contributed by atoms with Gasteiger partial charge in [0, 0.05) is 25.8 Å². The van der Waals surface area contributed by atoms with Gasteiger partial charge in [0.15, 0.2) is 5.65 Å². The molecule has 9 heteroatoms. The molecule has 148 valence electrons. The van der Waals surface area contributed by atoms with Crippen molar-refractivity contribution in [1.29, 1.82) is 0 Å². The Morgan fingerprint density at radius 2 is 1.93 bits per heavy atom. The normalized spacial score (nSPS) is 20.9. The Labute approximate surface area is 158 Å². The molecule has 0 aliphatic carbocycles. The predicted octanol–water partition coefficient (Wildman–Crippen LogP) is 3.72. The summed E-state index contributed by atoms with van der Waals surface area (Å²) < 4.78 is 57.9. The van der Waals surface area contributed by atoms with E-state index in [2.05, 4.69) is 15.0 Å². The van der Waals surface area contributed by atoms with Crippen LogP contribution in [0.5, 0.6) is 0 Å². The number of halogens is 4. The van der Waals surface area contributed by atoms with Gasteiger partial charge in [-0.2, -0.15) is 13.2 Å². The molecule has 1 N–H and O–H groups in total. The summed E-state index contributed by atoms with van der Waals surface area (Å²) in [5.41, 5.74) is 1.37. The van der Waals surface area contributed by atoms with Crippen LogP contribution in [0.1, 0.15) is 17.0 Å². The Hall–Kier alpha value is -2.52. The van der Waals surface area contributed by atoms with Crippen LogP contribution in [-0.4, -0.2) is 45.2 Å². The number of nitrogens with one attached hydrogen (secondary N) is 1. The molecule has 0 spiro atoms. The first-order chi connectivity index (χ1) is 13.4. The number of ether oxygens (including phenoxy) is 1. The van der Waals surface area contributed by atoms with E-state index in [4.69, 9.17) is 4.74 Å². The molecule has 5 nitrogen and oxygen atoms in total. The minimum absolute atomic E-state index is 0.134. The predicted molar refractivity (Wildman–Crippen MR) is 94.1 cm³/mol. The third-order valence-electron chi connectivity index (χ3n) is 4.70. The molecule has 28 heavy (non-hydrogen) atoms. The number of aromatic nitrogens is 3. The molecule has 1 saturated heterocycles. The molecule has 1 aliphatic heterocycles. The summed E-state index contributed by atoms with van der Waals surface area (Å²) in [6, 6.07) is 8.57. The highest BCUT2D eigenvalue weighted by Gasteiger charge is 2.34. The first-order valence-corrected chi connectivity index (χ1v) is 8.82. The number of pyridine rings is 1. The Morgan fingerprint density at radius 1 is 1.14 bits per heavy atom. The second kappa shape index (κ2) is 7.48. The van der Waals surface area contributed by atoms with Crippen molar-refractivity contribution >= 4 is 11.2 Å². The van der Waals surface area contributed by atoms with Crippen LogP contribution in [0.25, 0.3) is 11.2 Å². The Morgan fingerprint density at radius 3 is 2.64 bits per heavy atom. The highest BCUT2D eigenvalue weighted by atomic mass is 19.4. The van der Waals surface area contributed by atoms with E-state index >= 15 is 0 Å². The number of rotatable bonds is 5. The molecule has 1 aliphatic rings. The highest BCUT2D eigenvalue weighted by Crippen LogP contribution is 2.29. The van der Waals surface area contributed by atoms with Gasteiger partial charge in [-0.25, -0.2) is 14.4 Å². The van der Waals surface area contributed by atoms with Gasteiger partial charge in [-0.1, -0.05) is 12.1 Å². The van der Waals surface area contributed by atoms with Crippen molar-refractivity contribution in [3.8, 4) is 0 Å². The van der Waals surface area contributed by atoms with Crippen LogP contribution in [-0.2, 0) is 24.1 Å². The largest absolute Gasteiger partial charge is 0.416 e. The van der Waals surface area contributed by atoms with Crippen molar-refractivity contribution in [1.82, 2.24) is 19.9 Å². The monoisotopic (exact) mass is 394 g/mol. The van der Waals surface area contributed by atoms with E-state index in [-0.39, 0.29) is 13.2 Å². The van der Waals surface area contributed by atoms with Crippen LogP contribution < -0.4 is 0 Å². The molecule has 3 heterocycles. The van der Waals surface area contributed by atoms with Gasteiger partial charge in [0.25, 0.3) is 0 Å². The first kappa shape index (κ1) is 18.8. The Balaban J connectivity index is 1.32. The number of fused-ring (bicyclic) bond motifs is 1. The van der Waals surface area contributed by atoms with Crippen molar-refractivity contribution in [3.63, 3.8) is 0 Å². The van der Waals surface area contributed by atoms with Gasteiger partial charge in [-0.3, -0.25) is 4.90 Å². The van der Waals surface area contributed by atoms with Crippen LogP contribution in [0.15, 0.2) is 42.6 Å². The van der Waals surface area contributed by atoms with Crippen LogP contribution in [0, 0.1) is 0 Å². The molecule has 0 saturated carbocycles. The Kier molecular flexibility index (Phi) is 5.03. The summed E-state index contributed by atoms with van der Waals surface area (Å²) in [6.07, 6.45) is -4.50. The zero-order chi connectivity index (χ0) is 19.7. The smallest absolute Gasteiger partial charge is 0.366 e. The molecule has 2 unspecified atom stereocenters. The van der Waals surface area contributed by atoms with E-state index < -0.39 is 24.0 Å². The zero-order valence-electron chi connectivity index (χ0n) is 14.8. The quantitative estimate of drug-likeness (QED) is 0.671. The van der Waals surface area contributed by atoms with Gasteiger partial charge in [0.05, 0.1) is 11.1 Å². The molecule has 0 bridgehead atoms. The van der Waals surface area contributed by atoms with E-state index in [1.807, 2.05) is 11.0 Å². The zero-order valence-corrected chi connectivity index (χ0v) is 14.8. The number of nitrogens with zero attached hydrogens (tertiary/aromatic N) is 3. The van der Waals surface area contributed by atoms with E-state index in [0.29, 0.717) is 30.1 Å². The summed E-state index contributed by atoms with van der Waals surface area (Å²) in [5.74, 6) is 0.571. The fourth-order valence-corrected chi connectivity index (χ4v) is 3.30. The van der Waals surface area contributed by atoms with Gasteiger partial charge in [-0.05, 0) is 29.8 Å². The molecule has 0 radical (unpaired) electrons. The standard InChI is InChI=1S/C19H18F4N4O/c20-14-9-27(8-12-3-5-13(6-4-12)19(21,22)23)10-16(14)28-11-17-25-15-2-1-7-24-18(15)26-17/h1-7,14,16H,8-11H2,(H,24,25,26). The van der Waals surface area contributed by atoms with Gasteiger partial charge < -0.3 is 9.72 Å². The number of likely N-dealkylation sites (tertiary alicyclic amines) is 1. The molecule has 2 aromatic heterocycles. The van der Waals surface area contributed by atoms with E-state index in [9.17, 15) is 17.6 Å². The number of hydrogen-bond acceptors (Lipinski definition) is 4. The van der Waals surface area contributed by atoms with Crippen molar-refractivity contribution in [2.75, 3.05) is 13.1 Å². The molecule has 3 aromatic rings. The summed E-state index contributed by atoms with van der Waals surface area (Å²) in [5, 5.41) is 0. The minimum Gasteiger partial charge on any atom is -0.366 e. The average Bonchev–Trinajstić information content (AvgIpc) is 3.22. The van der Waals surface area contributed by atoms with Gasteiger partial charge >= 0.3 is 6.18 Å². The maximum atomic E-state index is 14.3. The summed E-state index contributed by atoms with van der Waals surface area (Å²) >= 11 is 0. The van der Waals surface area contributed by atoms with Gasteiger partial charge in [0.1, 0.15) is 24.7 Å². The van der Waals surface area contributed by atoms with Crippen LogP contribution in [0.2, 0.25) is 0 Å². The number of benzene rings is 1. The lowest BCUT2D eigenvalue weighted by Gasteiger charge is -2.16. The number of hydrogen-bond donors (Lipinski definition) is 1. The fourth-order valence-electron chi connectivity index (χ4n) is 3.30. The van der Waals surface area contributed by atoms with Crippen molar-refractivity contribution < 1.29 is 22.3 Å². The second-order valence-electron chi connectivity index (χ2n) is 6.81. The number of H-pyrrole nitrogens is 1. The average molecular weight is 394 g/mol. The van der Waals surface area contributed by atoms with E-state index in [1.54, 1.807) is 12.3 Å².